The Labute approximate surface area is 180 Å². The lowest BCUT2D eigenvalue weighted by Crippen LogP contribution is -2.34. The Bertz CT molecular complexity index is 989. The van der Waals surface area contributed by atoms with Gasteiger partial charge in [-0.15, -0.1) is 0 Å². The minimum Gasteiger partial charge on any atom is -0.452 e. The van der Waals surface area contributed by atoms with Crippen LogP contribution >= 0.6 is 0 Å². The van der Waals surface area contributed by atoms with Crippen molar-refractivity contribution in [3.05, 3.63) is 65.2 Å². The maximum Gasteiger partial charge on any atom is 0.338 e. The second kappa shape index (κ2) is 9.99. The molecule has 0 aromatic heterocycles. The summed E-state index contributed by atoms with van der Waals surface area (Å²) in [6, 6.07) is 13.3. The molecule has 2 aromatic rings. The number of amides is 3. The molecule has 2 aromatic carbocycles. The number of hydrogen-bond donors (Lipinski definition) is 0. The van der Waals surface area contributed by atoms with Gasteiger partial charge in [0, 0.05) is 32.5 Å². The normalized spacial score (nSPS) is 12.6. The van der Waals surface area contributed by atoms with Crippen LogP contribution in [-0.2, 0) is 14.3 Å². The molecule has 8 heteroatoms. The van der Waals surface area contributed by atoms with E-state index in [-0.39, 0.29) is 29.1 Å². The highest BCUT2D eigenvalue weighted by Gasteiger charge is 2.35. The fourth-order valence-corrected chi connectivity index (χ4v) is 3.39. The van der Waals surface area contributed by atoms with Crippen molar-refractivity contribution in [3.63, 3.8) is 0 Å². The number of hydrogen-bond acceptors (Lipinski definition) is 6. The summed E-state index contributed by atoms with van der Waals surface area (Å²) in [6.45, 7) is 2.48. The first-order valence-electron chi connectivity index (χ1n) is 9.99. The number of fused-ring (bicyclic) bond motifs is 1. The van der Waals surface area contributed by atoms with Gasteiger partial charge in [-0.05, 0) is 43.7 Å². The lowest BCUT2D eigenvalue weighted by Gasteiger charge is -2.20. The molecule has 3 rings (SSSR count). The van der Waals surface area contributed by atoms with Gasteiger partial charge in [0.2, 0.25) is 0 Å². The maximum absolute atomic E-state index is 12.6. The number of carbonyl (C=O) groups excluding carboxylic acids is 4. The summed E-state index contributed by atoms with van der Waals surface area (Å²) < 4.78 is 10.1. The van der Waals surface area contributed by atoms with Crippen molar-refractivity contribution in [2.75, 3.05) is 38.3 Å². The third kappa shape index (κ3) is 4.80. The zero-order chi connectivity index (χ0) is 22.4. The van der Waals surface area contributed by atoms with Crippen molar-refractivity contribution in [2.24, 2.45) is 0 Å². The largest absolute Gasteiger partial charge is 0.452 e. The number of nitrogens with zero attached hydrogens (tertiary/aromatic N) is 2. The van der Waals surface area contributed by atoms with Gasteiger partial charge in [-0.3, -0.25) is 19.3 Å². The Kier molecular flexibility index (Phi) is 7.15. The van der Waals surface area contributed by atoms with E-state index in [1.807, 2.05) is 25.1 Å². The smallest absolute Gasteiger partial charge is 0.338 e. The number of benzene rings is 2. The van der Waals surface area contributed by atoms with Crippen molar-refractivity contribution in [1.82, 2.24) is 4.90 Å². The molecular weight excluding hydrogens is 400 g/mol. The quantitative estimate of drug-likeness (QED) is 0.349. The second-order valence-electron chi connectivity index (χ2n) is 6.92. The Morgan fingerprint density at radius 1 is 1.00 bits per heavy atom. The van der Waals surface area contributed by atoms with Crippen LogP contribution in [-0.4, -0.2) is 62.0 Å². The summed E-state index contributed by atoms with van der Waals surface area (Å²) >= 11 is 0. The number of ether oxygens (including phenoxy) is 2. The van der Waals surface area contributed by atoms with Crippen LogP contribution in [0.4, 0.5) is 5.69 Å². The highest BCUT2D eigenvalue weighted by molar-refractivity contribution is 6.22. The van der Waals surface area contributed by atoms with Gasteiger partial charge < -0.3 is 14.4 Å². The third-order valence-corrected chi connectivity index (χ3v) is 4.95. The van der Waals surface area contributed by atoms with Crippen LogP contribution in [0.15, 0.2) is 48.5 Å². The molecule has 0 saturated heterocycles. The molecule has 1 aliphatic rings. The molecule has 1 aliphatic heterocycles. The van der Waals surface area contributed by atoms with Gasteiger partial charge >= 0.3 is 5.97 Å². The first kappa shape index (κ1) is 22.2. The molecule has 31 heavy (non-hydrogen) atoms. The SMILES string of the molecule is CCN(C(=O)COC(=O)c1ccc2c(c1)C(=O)N(CCCOC)C2=O)c1ccccc1. The molecule has 0 bridgehead atoms. The standard InChI is InChI=1S/C23H24N2O6/c1-3-24(17-8-5-4-6-9-17)20(26)15-31-23(29)16-10-11-18-19(14-16)22(28)25(21(18)27)12-7-13-30-2/h4-6,8-11,14H,3,7,12-13,15H2,1-2H3. The molecule has 3 amide bonds. The van der Waals surface area contributed by atoms with E-state index in [1.54, 1.807) is 19.2 Å². The molecule has 0 saturated carbocycles. The van der Waals surface area contributed by atoms with E-state index in [2.05, 4.69) is 0 Å². The molecule has 0 unspecified atom stereocenters. The van der Waals surface area contributed by atoms with E-state index in [0.717, 1.165) is 4.90 Å². The zero-order valence-corrected chi connectivity index (χ0v) is 17.5. The van der Waals surface area contributed by atoms with Crippen LogP contribution in [0, 0.1) is 0 Å². The molecule has 8 nitrogen and oxygen atoms in total. The van der Waals surface area contributed by atoms with E-state index in [1.165, 1.54) is 23.1 Å². The lowest BCUT2D eigenvalue weighted by atomic mass is 10.1. The van der Waals surface area contributed by atoms with Crippen LogP contribution in [0.2, 0.25) is 0 Å². The number of likely N-dealkylation sites (N-methyl/N-ethyl adjacent to an activating group) is 1. The highest BCUT2D eigenvalue weighted by Crippen LogP contribution is 2.24. The number of methoxy groups -OCH3 is 1. The van der Waals surface area contributed by atoms with Crippen LogP contribution in [0.5, 0.6) is 0 Å². The van der Waals surface area contributed by atoms with Gasteiger partial charge in [0.25, 0.3) is 17.7 Å². The van der Waals surface area contributed by atoms with E-state index in [4.69, 9.17) is 9.47 Å². The Morgan fingerprint density at radius 3 is 2.39 bits per heavy atom. The summed E-state index contributed by atoms with van der Waals surface area (Å²) in [6.07, 6.45) is 0.522. The van der Waals surface area contributed by atoms with Crippen molar-refractivity contribution in [3.8, 4) is 0 Å². The number of carbonyl (C=O) groups is 4. The van der Waals surface area contributed by atoms with Crippen LogP contribution in [0.3, 0.4) is 0 Å². The Morgan fingerprint density at radius 2 is 1.71 bits per heavy atom. The predicted molar refractivity (Wildman–Crippen MR) is 113 cm³/mol. The summed E-state index contributed by atoms with van der Waals surface area (Å²) in [7, 11) is 1.55. The highest BCUT2D eigenvalue weighted by atomic mass is 16.5. The summed E-state index contributed by atoms with van der Waals surface area (Å²) in [5.74, 6) is -1.95. The minimum absolute atomic E-state index is 0.106. The van der Waals surface area contributed by atoms with E-state index in [0.29, 0.717) is 25.3 Å². The van der Waals surface area contributed by atoms with Gasteiger partial charge in [0.15, 0.2) is 6.61 Å². The Balaban J connectivity index is 1.66. The Hall–Kier alpha value is -3.52. The van der Waals surface area contributed by atoms with E-state index >= 15 is 0 Å². The van der Waals surface area contributed by atoms with Gasteiger partial charge in [-0.25, -0.2) is 4.79 Å². The first-order chi connectivity index (χ1) is 15.0. The van der Waals surface area contributed by atoms with Gasteiger partial charge in [-0.1, -0.05) is 18.2 Å². The lowest BCUT2D eigenvalue weighted by molar-refractivity contribution is -0.121. The number of anilines is 1. The van der Waals surface area contributed by atoms with Gasteiger partial charge in [-0.2, -0.15) is 0 Å². The molecule has 0 aliphatic carbocycles. The van der Waals surface area contributed by atoms with Crippen LogP contribution in [0.25, 0.3) is 0 Å². The molecule has 0 radical (unpaired) electrons. The summed E-state index contributed by atoms with van der Waals surface area (Å²) in [5, 5.41) is 0. The van der Waals surface area contributed by atoms with Crippen LogP contribution in [0.1, 0.15) is 44.4 Å². The number of esters is 1. The fourth-order valence-electron chi connectivity index (χ4n) is 3.39. The molecule has 0 spiro atoms. The van der Waals surface area contributed by atoms with Gasteiger partial charge in [0.05, 0.1) is 16.7 Å². The first-order valence-corrected chi connectivity index (χ1v) is 9.99. The predicted octanol–water partition coefficient (Wildman–Crippen LogP) is 2.53. The minimum atomic E-state index is -0.738. The van der Waals surface area contributed by atoms with Crippen molar-refractivity contribution < 1.29 is 28.7 Å². The van der Waals surface area contributed by atoms with Crippen LogP contribution < -0.4 is 4.90 Å². The van der Waals surface area contributed by atoms with Crippen molar-refractivity contribution in [2.45, 2.75) is 13.3 Å². The maximum atomic E-state index is 12.6. The third-order valence-electron chi connectivity index (χ3n) is 4.95. The molecular formula is C23H24N2O6. The summed E-state index contributed by atoms with van der Waals surface area (Å²) in [4.78, 5) is 52.6. The van der Waals surface area contributed by atoms with E-state index < -0.39 is 24.4 Å². The second-order valence-corrected chi connectivity index (χ2v) is 6.92. The topological polar surface area (TPSA) is 93.2 Å². The monoisotopic (exact) mass is 424 g/mol. The average molecular weight is 424 g/mol. The summed E-state index contributed by atoms with van der Waals surface area (Å²) in [5.41, 5.74) is 1.22. The number of rotatable bonds is 9. The van der Waals surface area contributed by atoms with Crippen molar-refractivity contribution >= 4 is 29.4 Å². The van der Waals surface area contributed by atoms with Gasteiger partial charge in [0.1, 0.15) is 0 Å². The molecule has 162 valence electrons. The molecule has 0 atom stereocenters. The molecule has 0 N–H and O–H groups in total. The molecule has 1 heterocycles. The zero-order valence-electron chi connectivity index (χ0n) is 17.5. The number of imide groups is 1. The van der Waals surface area contributed by atoms with Crippen molar-refractivity contribution in [1.29, 1.82) is 0 Å². The molecule has 0 fully saturated rings. The average Bonchev–Trinajstić information content (AvgIpc) is 3.03. The van der Waals surface area contributed by atoms with E-state index in [9.17, 15) is 19.2 Å². The number of para-hydroxylation sites is 1. The fraction of sp³-hybridized carbons (Fsp3) is 0.304.